The van der Waals surface area contributed by atoms with Crippen molar-refractivity contribution in [1.82, 2.24) is 4.90 Å². The molecule has 0 N–H and O–H groups in total. The number of amides is 1. The molecular weight excluding hydrogens is 242 g/mol. The zero-order chi connectivity index (χ0) is 12.3. The molecule has 0 radical (unpaired) electrons. The molecule has 1 saturated heterocycles. The number of ether oxygens (including phenoxy) is 1. The molecule has 0 saturated carbocycles. The van der Waals surface area contributed by atoms with Crippen LogP contribution in [0.4, 0.5) is 0 Å². The molecule has 4 nitrogen and oxygen atoms in total. The maximum Gasteiger partial charge on any atom is 0.260 e. The third-order valence-corrected chi connectivity index (χ3v) is 2.81. The molecule has 90 valence electrons. The molecule has 1 heterocycles. The summed E-state index contributed by atoms with van der Waals surface area (Å²) in [6, 6.07) is 6.79. The normalized spacial score (nSPS) is 15.1. The Morgan fingerprint density at radius 3 is 2.65 bits per heavy atom. The molecule has 1 aliphatic heterocycles. The summed E-state index contributed by atoms with van der Waals surface area (Å²) in [5.41, 5.74) is 0. The molecule has 5 heteroatoms. The Morgan fingerprint density at radius 2 is 2.06 bits per heavy atom. The molecule has 17 heavy (non-hydrogen) atoms. The Morgan fingerprint density at radius 1 is 1.35 bits per heavy atom. The Kier molecular flexibility index (Phi) is 3.64. The largest absolute Gasteiger partial charge is 0.484 e. The number of likely N-dealkylation sites (tertiary alicyclic amines) is 1. The molecule has 1 fully saturated rings. The van der Waals surface area contributed by atoms with Gasteiger partial charge in [-0.2, -0.15) is 0 Å². The fraction of sp³-hybridized carbons (Fsp3) is 0.333. The van der Waals surface area contributed by atoms with Gasteiger partial charge in [-0.25, -0.2) is 0 Å². The maximum absolute atomic E-state index is 11.7. The molecular formula is C12H12ClNO3. The third-order valence-electron chi connectivity index (χ3n) is 2.56. The lowest BCUT2D eigenvalue weighted by Gasteiger charge is -2.14. The fourth-order valence-corrected chi connectivity index (χ4v) is 1.74. The van der Waals surface area contributed by atoms with E-state index in [1.54, 1.807) is 24.3 Å². The minimum absolute atomic E-state index is 0.0467. The van der Waals surface area contributed by atoms with E-state index in [0.717, 1.165) is 0 Å². The SMILES string of the molecule is O=C1CCN(C(=O)COc2ccc(Cl)cc2)C1. The number of nitrogens with zero attached hydrogens (tertiary/aromatic N) is 1. The molecule has 0 spiro atoms. The third kappa shape index (κ3) is 3.20. The van der Waals surface area contributed by atoms with Gasteiger partial charge >= 0.3 is 0 Å². The second kappa shape index (κ2) is 5.19. The van der Waals surface area contributed by atoms with E-state index in [4.69, 9.17) is 16.3 Å². The van der Waals surface area contributed by atoms with Crippen LogP contribution in [0, 0.1) is 0 Å². The second-order valence-corrected chi connectivity index (χ2v) is 4.28. The highest BCUT2D eigenvalue weighted by Gasteiger charge is 2.23. The monoisotopic (exact) mass is 253 g/mol. The molecule has 2 rings (SSSR count). The van der Waals surface area contributed by atoms with E-state index in [1.165, 1.54) is 4.90 Å². The van der Waals surface area contributed by atoms with Gasteiger partial charge in [-0.15, -0.1) is 0 Å². The second-order valence-electron chi connectivity index (χ2n) is 3.85. The van der Waals surface area contributed by atoms with Crippen LogP contribution in [0.1, 0.15) is 6.42 Å². The summed E-state index contributed by atoms with van der Waals surface area (Å²) >= 11 is 5.73. The van der Waals surface area contributed by atoms with E-state index >= 15 is 0 Å². The minimum atomic E-state index is -0.161. The summed E-state index contributed by atoms with van der Waals surface area (Å²) in [4.78, 5) is 24.2. The first-order valence-electron chi connectivity index (χ1n) is 5.33. The first-order valence-corrected chi connectivity index (χ1v) is 5.71. The maximum atomic E-state index is 11.7. The van der Waals surface area contributed by atoms with Gasteiger partial charge in [0.05, 0.1) is 6.54 Å². The summed E-state index contributed by atoms with van der Waals surface area (Å²) in [5.74, 6) is 0.531. The lowest BCUT2D eigenvalue weighted by atomic mass is 10.3. The van der Waals surface area contributed by atoms with E-state index in [0.29, 0.717) is 23.7 Å². The van der Waals surface area contributed by atoms with Crippen LogP contribution >= 0.6 is 11.6 Å². The highest BCUT2D eigenvalue weighted by Crippen LogP contribution is 2.15. The number of halogens is 1. The summed E-state index contributed by atoms with van der Waals surface area (Å²) in [5, 5.41) is 0.619. The average molecular weight is 254 g/mol. The zero-order valence-electron chi connectivity index (χ0n) is 9.19. The number of benzene rings is 1. The van der Waals surface area contributed by atoms with E-state index in [2.05, 4.69) is 0 Å². The highest BCUT2D eigenvalue weighted by atomic mass is 35.5. The summed E-state index contributed by atoms with van der Waals surface area (Å²) in [6.07, 6.45) is 0.451. The van der Waals surface area contributed by atoms with Gasteiger partial charge in [0.25, 0.3) is 5.91 Å². The van der Waals surface area contributed by atoms with Crippen molar-refractivity contribution in [3.05, 3.63) is 29.3 Å². The van der Waals surface area contributed by atoms with Gasteiger partial charge in [-0.3, -0.25) is 9.59 Å². The average Bonchev–Trinajstić information content (AvgIpc) is 2.75. The number of carbonyl (C=O) groups is 2. The summed E-state index contributed by atoms with van der Waals surface area (Å²) < 4.78 is 5.31. The predicted octanol–water partition coefficient (Wildman–Crippen LogP) is 1.52. The first-order chi connectivity index (χ1) is 8.15. The van der Waals surface area contributed by atoms with Crippen LogP contribution in [0.25, 0.3) is 0 Å². The summed E-state index contributed by atoms with van der Waals surface area (Å²) in [7, 11) is 0. The van der Waals surface area contributed by atoms with Crippen LogP contribution in [0.2, 0.25) is 5.02 Å². The lowest BCUT2D eigenvalue weighted by molar-refractivity contribution is -0.133. The van der Waals surface area contributed by atoms with Crippen molar-refractivity contribution in [2.75, 3.05) is 19.7 Å². The van der Waals surface area contributed by atoms with Crippen molar-refractivity contribution >= 4 is 23.3 Å². The minimum Gasteiger partial charge on any atom is -0.484 e. The number of rotatable bonds is 3. The molecule has 1 aliphatic rings. The van der Waals surface area contributed by atoms with Gasteiger partial charge in [-0.1, -0.05) is 11.6 Å². The molecule has 0 aliphatic carbocycles. The van der Waals surface area contributed by atoms with Crippen LogP contribution in [-0.2, 0) is 9.59 Å². The topological polar surface area (TPSA) is 46.6 Å². The van der Waals surface area contributed by atoms with E-state index in [-0.39, 0.29) is 24.8 Å². The zero-order valence-corrected chi connectivity index (χ0v) is 9.94. The Labute approximate surface area is 104 Å². The van der Waals surface area contributed by atoms with Gasteiger partial charge in [-0.05, 0) is 24.3 Å². The number of hydrogen-bond donors (Lipinski definition) is 0. The van der Waals surface area contributed by atoms with Crippen LogP contribution < -0.4 is 4.74 Å². The number of ketones is 1. The van der Waals surface area contributed by atoms with Crippen LogP contribution in [-0.4, -0.2) is 36.3 Å². The van der Waals surface area contributed by atoms with Crippen molar-refractivity contribution in [3.8, 4) is 5.75 Å². The Balaban J connectivity index is 1.84. The first kappa shape index (κ1) is 11.9. The predicted molar refractivity (Wildman–Crippen MR) is 63.2 cm³/mol. The fourth-order valence-electron chi connectivity index (χ4n) is 1.61. The molecule has 0 atom stereocenters. The molecule has 1 aromatic rings. The van der Waals surface area contributed by atoms with Crippen molar-refractivity contribution in [2.45, 2.75) is 6.42 Å². The van der Waals surface area contributed by atoms with Crippen LogP contribution in [0.3, 0.4) is 0 Å². The molecule has 0 unspecified atom stereocenters. The van der Waals surface area contributed by atoms with Crippen molar-refractivity contribution in [2.24, 2.45) is 0 Å². The van der Waals surface area contributed by atoms with Gasteiger partial charge in [0, 0.05) is 18.0 Å². The number of carbonyl (C=O) groups excluding carboxylic acids is 2. The Bertz CT molecular complexity index is 430. The van der Waals surface area contributed by atoms with Gasteiger partial charge in [0.1, 0.15) is 5.75 Å². The van der Waals surface area contributed by atoms with E-state index in [1.807, 2.05) is 0 Å². The van der Waals surface area contributed by atoms with Crippen molar-refractivity contribution in [1.29, 1.82) is 0 Å². The molecule has 1 aromatic carbocycles. The van der Waals surface area contributed by atoms with E-state index in [9.17, 15) is 9.59 Å². The molecule has 1 amide bonds. The van der Waals surface area contributed by atoms with Crippen LogP contribution in [0.15, 0.2) is 24.3 Å². The molecule has 0 bridgehead atoms. The lowest BCUT2D eigenvalue weighted by Crippen LogP contribution is -2.33. The van der Waals surface area contributed by atoms with Crippen molar-refractivity contribution < 1.29 is 14.3 Å². The Hall–Kier alpha value is -1.55. The van der Waals surface area contributed by atoms with Gasteiger partial charge in [0.2, 0.25) is 0 Å². The van der Waals surface area contributed by atoms with E-state index < -0.39 is 0 Å². The van der Waals surface area contributed by atoms with Gasteiger partial charge in [0.15, 0.2) is 12.4 Å². The summed E-state index contributed by atoms with van der Waals surface area (Å²) in [6.45, 7) is 0.666. The molecule has 0 aromatic heterocycles. The number of Topliss-reactive ketones (excluding diaryl/α,β-unsaturated/α-hetero) is 1. The number of hydrogen-bond acceptors (Lipinski definition) is 3. The quantitative estimate of drug-likeness (QED) is 0.821. The van der Waals surface area contributed by atoms with Crippen LogP contribution in [0.5, 0.6) is 5.75 Å². The van der Waals surface area contributed by atoms with Gasteiger partial charge < -0.3 is 9.64 Å². The standard InChI is InChI=1S/C12H12ClNO3/c13-9-1-3-11(4-2-9)17-8-12(16)14-6-5-10(15)7-14/h1-4H,5-8H2. The smallest absolute Gasteiger partial charge is 0.260 e. The highest BCUT2D eigenvalue weighted by molar-refractivity contribution is 6.30. The van der Waals surface area contributed by atoms with Crippen molar-refractivity contribution in [3.63, 3.8) is 0 Å².